The summed E-state index contributed by atoms with van der Waals surface area (Å²) in [7, 11) is -4.72. The van der Waals surface area contributed by atoms with E-state index in [1.165, 1.54) is 0 Å². The third-order valence-electron chi connectivity index (χ3n) is 8.35. The van der Waals surface area contributed by atoms with Crippen LogP contribution < -0.4 is 0 Å². The predicted octanol–water partition coefficient (Wildman–Crippen LogP) is 7.94. The first-order valence-corrected chi connectivity index (χ1v) is 20.0. The van der Waals surface area contributed by atoms with E-state index in [2.05, 4.69) is 91.4 Å². The lowest BCUT2D eigenvalue weighted by Crippen LogP contribution is -2.65. The highest BCUT2D eigenvalue weighted by atomic mass is 32.1. The van der Waals surface area contributed by atoms with Crippen molar-refractivity contribution >= 4 is 34.1 Å². The van der Waals surface area contributed by atoms with Gasteiger partial charge in [0.25, 0.3) is 0 Å². The van der Waals surface area contributed by atoms with E-state index in [0.717, 1.165) is 11.1 Å². The molecule has 7 heteroatoms. The molecule has 0 aromatic heterocycles. The second-order valence-electron chi connectivity index (χ2n) is 13.4. The van der Waals surface area contributed by atoms with Gasteiger partial charge in [0.2, 0.25) is 5.60 Å². The Labute approximate surface area is 249 Å². The summed E-state index contributed by atoms with van der Waals surface area (Å²) in [5, 5.41) is -0.0924. The van der Waals surface area contributed by atoms with E-state index in [4.69, 9.17) is 30.5 Å². The molecule has 1 fully saturated rings. The van der Waals surface area contributed by atoms with E-state index >= 15 is 0 Å². The maximum absolute atomic E-state index is 7.34. The summed E-state index contributed by atoms with van der Waals surface area (Å²) in [5.41, 5.74) is -0.875. The Balaban J connectivity index is 2.32. The number of rotatable bonds is 6. The largest absolute Gasteiger partial charge is 0.451 e. The Bertz CT molecular complexity index is 1310. The van der Waals surface area contributed by atoms with Gasteiger partial charge in [-0.15, -0.1) is 0 Å². The lowest BCUT2D eigenvalue weighted by molar-refractivity contribution is -0.0707. The number of ether oxygens (including phenoxy) is 2. The van der Waals surface area contributed by atoms with E-state index < -0.39 is 27.8 Å². The number of hydrogen-bond acceptors (Lipinski definition) is 5. The normalized spacial score (nSPS) is 19.3. The van der Waals surface area contributed by atoms with Crippen molar-refractivity contribution in [1.82, 2.24) is 0 Å². The summed E-state index contributed by atoms with van der Waals surface area (Å²) in [6, 6.07) is 19.7. The van der Waals surface area contributed by atoms with Crippen LogP contribution in [0.4, 0.5) is 0 Å². The number of hydrogen-bond donors (Lipinski definition) is 0. The molecule has 0 N–H and O–H groups in total. The SMILES string of the molecule is CC(C)(C)[Si](C)(C)OC[C@](C#Cc1ccccc1)(O[Si](C)(C)C(C)(C)C)[C@@]1(C#Cc2ccccc2)COC(=S)O1. The van der Waals surface area contributed by atoms with Crippen molar-refractivity contribution in [3.63, 3.8) is 0 Å². The van der Waals surface area contributed by atoms with Crippen molar-refractivity contribution in [2.45, 2.75) is 89.0 Å². The van der Waals surface area contributed by atoms with Crippen molar-refractivity contribution in [3.05, 3.63) is 71.8 Å². The van der Waals surface area contributed by atoms with Gasteiger partial charge in [0.1, 0.15) is 6.61 Å². The molecule has 40 heavy (non-hydrogen) atoms. The van der Waals surface area contributed by atoms with Crippen LogP contribution >= 0.6 is 12.2 Å². The van der Waals surface area contributed by atoms with Gasteiger partial charge in [-0.25, -0.2) is 0 Å². The summed E-state index contributed by atoms with van der Waals surface area (Å²) in [5.74, 6) is 13.6. The van der Waals surface area contributed by atoms with Gasteiger partial charge in [0.15, 0.2) is 22.2 Å². The van der Waals surface area contributed by atoms with Crippen LogP contribution in [0.3, 0.4) is 0 Å². The summed E-state index contributed by atoms with van der Waals surface area (Å²) in [6.07, 6.45) is 0. The second kappa shape index (κ2) is 11.8. The smallest absolute Gasteiger partial charge is 0.354 e. The highest BCUT2D eigenvalue weighted by molar-refractivity contribution is 7.79. The van der Waals surface area contributed by atoms with Crippen LogP contribution in [0.25, 0.3) is 0 Å². The molecule has 2 atom stereocenters. The van der Waals surface area contributed by atoms with Gasteiger partial charge >= 0.3 is 5.24 Å². The highest BCUT2D eigenvalue weighted by Crippen LogP contribution is 2.46. The zero-order valence-electron chi connectivity index (χ0n) is 25.7. The van der Waals surface area contributed by atoms with E-state index in [-0.39, 0.29) is 28.5 Å². The summed E-state index contributed by atoms with van der Waals surface area (Å²) < 4.78 is 26.5. The van der Waals surface area contributed by atoms with Crippen molar-refractivity contribution in [1.29, 1.82) is 0 Å². The van der Waals surface area contributed by atoms with Gasteiger partial charge in [-0.1, -0.05) is 95.7 Å². The van der Waals surface area contributed by atoms with Gasteiger partial charge < -0.3 is 18.3 Å². The summed E-state index contributed by atoms with van der Waals surface area (Å²) in [6.45, 7) is 22.4. The fourth-order valence-electron chi connectivity index (χ4n) is 3.59. The van der Waals surface area contributed by atoms with Crippen molar-refractivity contribution in [2.24, 2.45) is 0 Å². The van der Waals surface area contributed by atoms with Gasteiger partial charge in [0.05, 0.1) is 6.61 Å². The monoisotopic (exact) mass is 592 g/mol. The molecule has 4 nitrogen and oxygen atoms in total. The van der Waals surface area contributed by atoms with Gasteiger partial charge in [-0.3, -0.25) is 0 Å². The minimum absolute atomic E-state index is 0.0201. The summed E-state index contributed by atoms with van der Waals surface area (Å²) >= 11 is 5.44. The van der Waals surface area contributed by atoms with Crippen LogP contribution in [-0.4, -0.2) is 46.3 Å². The quantitative estimate of drug-likeness (QED) is 0.193. The molecule has 1 aliphatic heterocycles. The molecule has 0 saturated carbocycles. The molecular weight excluding hydrogens is 549 g/mol. The molecule has 0 radical (unpaired) electrons. The third kappa shape index (κ3) is 7.27. The fourth-order valence-corrected chi connectivity index (χ4v) is 6.24. The minimum atomic E-state index is -2.48. The number of thiocarbonyl (C=S) groups is 1. The van der Waals surface area contributed by atoms with Gasteiger partial charge in [-0.2, -0.15) is 0 Å². The maximum Gasteiger partial charge on any atom is 0.354 e. The Morgan fingerprint density at radius 1 is 0.800 bits per heavy atom. The van der Waals surface area contributed by atoms with Gasteiger partial charge in [-0.05, 0) is 66.5 Å². The molecule has 1 aliphatic rings. The van der Waals surface area contributed by atoms with Crippen molar-refractivity contribution in [3.8, 4) is 23.7 Å². The fraction of sp³-hybridized carbons (Fsp3) is 0.485. The Kier molecular flexibility index (Phi) is 9.51. The van der Waals surface area contributed by atoms with E-state index in [0.29, 0.717) is 0 Å². The van der Waals surface area contributed by atoms with Gasteiger partial charge in [0, 0.05) is 23.3 Å². The predicted molar refractivity (Wildman–Crippen MR) is 173 cm³/mol. The second-order valence-corrected chi connectivity index (χ2v) is 23.3. The zero-order valence-corrected chi connectivity index (χ0v) is 28.5. The Hall–Kier alpha value is -2.40. The third-order valence-corrected chi connectivity index (χ3v) is 17.5. The first kappa shape index (κ1) is 32.1. The van der Waals surface area contributed by atoms with Crippen LogP contribution in [0, 0.1) is 23.7 Å². The number of benzene rings is 2. The van der Waals surface area contributed by atoms with Crippen LogP contribution in [-0.2, 0) is 18.3 Å². The lowest BCUT2D eigenvalue weighted by atomic mass is 9.84. The molecule has 0 aliphatic carbocycles. The first-order chi connectivity index (χ1) is 18.4. The highest BCUT2D eigenvalue weighted by Gasteiger charge is 2.62. The Morgan fingerprint density at radius 2 is 1.30 bits per heavy atom. The van der Waals surface area contributed by atoms with E-state index in [1.807, 2.05) is 60.7 Å². The molecule has 1 saturated heterocycles. The van der Waals surface area contributed by atoms with Crippen LogP contribution in [0.2, 0.25) is 36.3 Å². The standard InChI is InChI=1S/C33H44O4SSi2/c1-30(2,3)39(7,8)35-26-33(37-40(9,10)31(4,5)6,24-22-28-19-15-12-16-20-28)32(25-34-29(38)36-32)23-21-27-17-13-11-14-18-27/h11-20H,25-26H2,1-10H3/t32-,33+/m1/s1. The maximum atomic E-state index is 7.34. The molecule has 0 amide bonds. The van der Waals surface area contributed by atoms with Crippen LogP contribution in [0.1, 0.15) is 52.7 Å². The molecule has 1 heterocycles. The zero-order chi connectivity index (χ0) is 29.9. The van der Waals surface area contributed by atoms with Crippen molar-refractivity contribution in [2.75, 3.05) is 13.2 Å². The molecular formula is C33H44O4SSi2. The average Bonchev–Trinajstić information content (AvgIpc) is 3.26. The lowest BCUT2D eigenvalue weighted by Gasteiger charge is -2.49. The van der Waals surface area contributed by atoms with Crippen LogP contribution in [0.5, 0.6) is 0 Å². The minimum Gasteiger partial charge on any atom is -0.451 e. The molecule has 3 rings (SSSR count). The Morgan fingerprint density at radius 3 is 1.75 bits per heavy atom. The molecule has 0 bridgehead atoms. The molecule has 214 valence electrons. The van der Waals surface area contributed by atoms with Crippen LogP contribution in [0.15, 0.2) is 60.7 Å². The molecule has 0 unspecified atom stereocenters. The summed E-state index contributed by atoms with van der Waals surface area (Å²) in [4.78, 5) is 0. The first-order valence-electron chi connectivity index (χ1n) is 13.8. The molecule has 2 aromatic rings. The van der Waals surface area contributed by atoms with E-state index in [9.17, 15) is 0 Å². The van der Waals surface area contributed by atoms with Crippen molar-refractivity contribution < 1.29 is 18.3 Å². The topological polar surface area (TPSA) is 36.9 Å². The molecule has 0 spiro atoms. The average molecular weight is 593 g/mol. The van der Waals surface area contributed by atoms with E-state index in [1.54, 1.807) is 0 Å². The molecule has 2 aromatic carbocycles.